The maximum atomic E-state index is 11.5. The molecule has 0 aromatic heterocycles. The van der Waals surface area contributed by atoms with Gasteiger partial charge in [0.25, 0.3) is 0 Å². The maximum Gasteiger partial charge on any atom is 0.316 e. The van der Waals surface area contributed by atoms with Crippen molar-refractivity contribution in [1.29, 1.82) is 0 Å². The lowest BCUT2D eigenvalue weighted by Crippen LogP contribution is -2.24. The van der Waals surface area contributed by atoms with Gasteiger partial charge < -0.3 is 4.74 Å². The number of ether oxygens (including phenoxy) is 1. The first-order chi connectivity index (χ1) is 7.88. The van der Waals surface area contributed by atoms with Gasteiger partial charge in [-0.25, -0.2) is 0 Å². The summed E-state index contributed by atoms with van der Waals surface area (Å²) in [5, 5.41) is 0. The lowest BCUT2D eigenvalue weighted by atomic mass is 10.2. The molecule has 0 heterocycles. The molecule has 1 aromatic rings. The Balaban J connectivity index is 2.34. The molecule has 0 fully saturated rings. The molecule has 0 saturated carbocycles. The zero-order valence-corrected chi connectivity index (χ0v) is 12.7. The molecule has 0 amide bonds. The molecule has 94 valence electrons. The molecule has 0 radical (unpaired) electrons. The first-order valence-electron chi connectivity index (χ1n) is 5.41. The number of benzene rings is 1. The third-order valence-corrected chi connectivity index (χ3v) is 3.58. The monoisotopic (exact) mass is 316 g/mol. The van der Waals surface area contributed by atoms with E-state index in [9.17, 15) is 4.79 Å². The zero-order valence-electron chi connectivity index (χ0n) is 10.3. The number of halogens is 1. The van der Waals surface area contributed by atoms with Gasteiger partial charge >= 0.3 is 5.97 Å². The number of carbonyl (C=O) groups excluding carboxylic acids is 1. The fourth-order valence-electron chi connectivity index (χ4n) is 1.23. The summed E-state index contributed by atoms with van der Waals surface area (Å²) in [5.74, 6) is 1.04. The SMILES string of the molecule is CC(C)(C)OC(=O)CSCc1ccccc1Br. The Hall–Kier alpha value is -0.480. The molecule has 1 aromatic carbocycles. The normalized spacial score (nSPS) is 11.3. The summed E-state index contributed by atoms with van der Waals surface area (Å²) in [6.45, 7) is 5.63. The summed E-state index contributed by atoms with van der Waals surface area (Å²) < 4.78 is 6.31. The van der Waals surface area contributed by atoms with Crippen LogP contribution in [-0.4, -0.2) is 17.3 Å². The van der Waals surface area contributed by atoms with Crippen LogP contribution in [0.15, 0.2) is 28.7 Å². The molecule has 0 atom stereocenters. The number of rotatable bonds is 4. The molecule has 4 heteroatoms. The second kappa shape index (κ2) is 6.45. The van der Waals surface area contributed by atoms with Crippen LogP contribution >= 0.6 is 27.7 Å². The van der Waals surface area contributed by atoms with Crippen molar-refractivity contribution in [2.24, 2.45) is 0 Å². The van der Waals surface area contributed by atoms with Crippen molar-refractivity contribution >= 4 is 33.7 Å². The highest BCUT2D eigenvalue weighted by Gasteiger charge is 2.15. The van der Waals surface area contributed by atoms with Crippen LogP contribution in [0.2, 0.25) is 0 Å². The standard InChI is InChI=1S/C13H17BrO2S/c1-13(2,3)16-12(15)9-17-8-10-6-4-5-7-11(10)14/h4-7H,8-9H2,1-3H3. The fraction of sp³-hybridized carbons (Fsp3) is 0.462. The van der Waals surface area contributed by atoms with E-state index in [-0.39, 0.29) is 5.97 Å². The molecule has 0 bridgehead atoms. The minimum absolute atomic E-state index is 0.158. The molecule has 0 unspecified atom stereocenters. The number of hydrogen-bond donors (Lipinski definition) is 0. The van der Waals surface area contributed by atoms with Crippen LogP contribution in [0, 0.1) is 0 Å². The van der Waals surface area contributed by atoms with Crippen LogP contribution in [0.5, 0.6) is 0 Å². The van der Waals surface area contributed by atoms with Crippen molar-refractivity contribution in [2.45, 2.75) is 32.1 Å². The molecule has 0 aliphatic heterocycles. The highest BCUT2D eigenvalue weighted by atomic mass is 79.9. The highest BCUT2D eigenvalue weighted by Crippen LogP contribution is 2.21. The van der Waals surface area contributed by atoms with Crippen molar-refractivity contribution < 1.29 is 9.53 Å². The van der Waals surface area contributed by atoms with E-state index in [1.807, 2.05) is 45.0 Å². The minimum atomic E-state index is -0.398. The minimum Gasteiger partial charge on any atom is -0.459 e. The van der Waals surface area contributed by atoms with Crippen LogP contribution in [0.4, 0.5) is 0 Å². The number of hydrogen-bond acceptors (Lipinski definition) is 3. The Kier molecular flexibility index (Phi) is 5.53. The second-order valence-electron chi connectivity index (χ2n) is 4.67. The van der Waals surface area contributed by atoms with Gasteiger partial charge in [-0.1, -0.05) is 34.1 Å². The van der Waals surface area contributed by atoms with E-state index in [1.54, 1.807) is 11.8 Å². The van der Waals surface area contributed by atoms with E-state index in [0.29, 0.717) is 5.75 Å². The molecule has 0 saturated heterocycles. The highest BCUT2D eigenvalue weighted by molar-refractivity contribution is 9.10. The van der Waals surface area contributed by atoms with Gasteiger partial charge in [-0.2, -0.15) is 0 Å². The molecular weight excluding hydrogens is 300 g/mol. The summed E-state index contributed by atoms with van der Waals surface area (Å²) in [4.78, 5) is 11.5. The third-order valence-electron chi connectivity index (χ3n) is 1.86. The van der Waals surface area contributed by atoms with E-state index < -0.39 is 5.60 Å². The number of thioether (sulfide) groups is 1. The molecular formula is C13H17BrO2S. The third kappa shape index (κ3) is 6.13. The Morgan fingerprint density at radius 2 is 2.00 bits per heavy atom. The van der Waals surface area contributed by atoms with Crippen molar-refractivity contribution in [1.82, 2.24) is 0 Å². The van der Waals surface area contributed by atoms with Crippen molar-refractivity contribution in [2.75, 3.05) is 5.75 Å². The van der Waals surface area contributed by atoms with Gasteiger partial charge in [-0.15, -0.1) is 11.8 Å². The van der Waals surface area contributed by atoms with Gasteiger partial charge in [0.15, 0.2) is 0 Å². The molecule has 0 aliphatic rings. The van der Waals surface area contributed by atoms with Gasteiger partial charge in [-0.05, 0) is 32.4 Å². The molecule has 2 nitrogen and oxygen atoms in total. The smallest absolute Gasteiger partial charge is 0.316 e. The Bertz CT molecular complexity index is 385. The van der Waals surface area contributed by atoms with E-state index in [2.05, 4.69) is 15.9 Å². The quantitative estimate of drug-likeness (QED) is 0.785. The predicted octanol–water partition coefficient (Wildman–Crippen LogP) is 4.02. The van der Waals surface area contributed by atoms with E-state index in [0.717, 1.165) is 10.2 Å². The summed E-state index contributed by atoms with van der Waals surface area (Å²) >= 11 is 5.05. The second-order valence-corrected chi connectivity index (χ2v) is 6.51. The lowest BCUT2D eigenvalue weighted by molar-refractivity contribution is -0.151. The first-order valence-corrected chi connectivity index (χ1v) is 7.36. The molecule has 0 aliphatic carbocycles. The van der Waals surface area contributed by atoms with Crippen molar-refractivity contribution in [3.8, 4) is 0 Å². The van der Waals surface area contributed by atoms with Crippen molar-refractivity contribution in [3.05, 3.63) is 34.3 Å². The lowest BCUT2D eigenvalue weighted by Gasteiger charge is -2.19. The van der Waals surface area contributed by atoms with E-state index in [4.69, 9.17) is 4.74 Å². The summed E-state index contributed by atoms with van der Waals surface area (Å²) in [5.41, 5.74) is 0.798. The predicted molar refractivity (Wildman–Crippen MR) is 76.1 cm³/mol. The Labute approximate surface area is 115 Å². The maximum absolute atomic E-state index is 11.5. The largest absolute Gasteiger partial charge is 0.459 e. The molecule has 1 rings (SSSR count). The summed E-state index contributed by atoms with van der Waals surface area (Å²) in [7, 11) is 0. The van der Waals surface area contributed by atoms with Gasteiger partial charge in [-0.3, -0.25) is 4.79 Å². The number of esters is 1. The average molecular weight is 317 g/mol. The molecule has 0 spiro atoms. The average Bonchev–Trinajstić information content (AvgIpc) is 2.18. The van der Waals surface area contributed by atoms with Crippen molar-refractivity contribution in [3.63, 3.8) is 0 Å². The van der Waals surface area contributed by atoms with Crippen LogP contribution < -0.4 is 0 Å². The Morgan fingerprint density at radius 1 is 1.35 bits per heavy atom. The van der Waals surface area contributed by atoms with E-state index in [1.165, 1.54) is 5.56 Å². The summed E-state index contributed by atoms with van der Waals surface area (Å²) in [6.07, 6.45) is 0. The van der Waals surface area contributed by atoms with Crippen LogP contribution in [0.1, 0.15) is 26.3 Å². The molecule has 0 N–H and O–H groups in total. The van der Waals surface area contributed by atoms with Gasteiger partial charge in [0, 0.05) is 10.2 Å². The van der Waals surface area contributed by atoms with Gasteiger partial charge in [0.1, 0.15) is 5.60 Å². The van der Waals surface area contributed by atoms with Crippen LogP contribution in [0.3, 0.4) is 0 Å². The molecule has 17 heavy (non-hydrogen) atoms. The fourth-order valence-corrected chi connectivity index (χ4v) is 2.64. The Morgan fingerprint density at radius 3 is 2.59 bits per heavy atom. The summed E-state index contributed by atoms with van der Waals surface area (Å²) in [6, 6.07) is 8.02. The van der Waals surface area contributed by atoms with Gasteiger partial charge in [0.05, 0.1) is 5.75 Å². The first kappa shape index (κ1) is 14.6. The van der Waals surface area contributed by atoms with Gasteiger partial charge in [0.2, 0.25) is 0 Å². The zero-order chi connectivity index (χ0) is 12.9. The van der Waals surface area contributed by atoms with E-state index >= 15 is 0 Å². The number of carbonyl (C=O) groups is 1. The van der Waals surface area contributed by atoms with Crippen LogP contribution in [-0.2, 0) is 15.3 Å². The van der Waals surface area contributed by atoms with Crippen LogP contribution in [0.25, 0.3) is 0 Å². The topological polar surface area (TPSA) is 26.3 Å².